The Morgan fingerprint density at radius 2 is 1.68 bits per heavy atom. The molecule has 0 saturated heterocycles. The quantitative estimate of drug-likeness (QED) is 0.220. The third-order valence-electron chi connectivity index (χ3n) is 6.45. The molecule has 0 aliphatic carbocycles. The molecule has 13 heteroatoms. The van der Waals surface area contributed by atoms with Crippen molar-refractivity contribution >= 4 is 40.6 Å². The fourth-order valence-electron chi connectivity index (χ4n) is 3.85. The predicted molar refractivity (Wildman–Crippen MR) is 156 cm³/mol. The Hall–Kier alpha value is -4.36. The van der Waals surface area contributed by atoms with Gasteiger partial charge in [0.05, 0.1) is 35.5 Å². The molecule has 1 unspecified atom stereocenters. The molecule has 220 valence electrons. The maximum Gasteiger partial charge on any atom is 0.247 e. The molecule has 0 bridgehead atoms. The van der Waals surface area contributed by atoms with Crippen LogP contribution < -0.4 is 25.6 Å². The SMILES string of the molecule is C=CC(=O)Nc1cc(Nc2ncnc(Nc3cc(F)c(F)cc3C(C)(O)CC)n2)c(OC)cc1N(C)CCN(C)C. The molecule has 0 saturated carbocycles. The number of anilines is 6. The molecule has 0 aliphatic heterocycles. The minimum Gasteiger partial charge on any atom is -0.494 e. The van der Waals surface area contributed by atoms with Gasteiger partial charge in [-0.1, -0.05) is 13.5 Å². The molecule has 3 aromatic rings. The summed E-state index contributed by atoms with van der Waals surface area (Å²) >= 11 is 0. The number of likely N-dealkylation sites (N-methyl/N-ethyl adjacent to an activating group) is 2. The summed E-state index contributed by atoms with van der Waals surface area (Å²) in [6.45, 7) is 8.21. The zero-order chi connectivity index (χ0) is 30.3. The van der Waals surface area contributed by atoms with Crippen LogP contribution in [0.25, 0.3) is 0 Å². The second-order valence-electron chi connectivity index (χ2n) is 9.81. The normalized spacial score (nSPS) is 12.4. The Labute approximate surface area is 238 Å². The van der Waals surface area contributed by atoms with E-state index in [0.717, 1.165) is 24.4 Å². The van der Waals surface area contributed by atoms with Gasteiger partial charge in [-0.2, -0.15) is 4.98 Å². The van der Waals surface area contributed by atoms with Crippen molar-refractivity contribution in [2.45, 2.75) is 25.9 Å². The monoisotopic (exact) mass is 570 g/mol. The highest BCUT2D eigenvalue weighted by Crippen LogP contribution is 2.38. The number of carbonyl (C=O) groups is 1. The second-order valence-corrected chi connectivity index (χ2v) is 9.81. The van der Waals surface area contributed by atoms with Crippen LogP contribution in [0, 0.1) is 11.6 Å². The second kappa shape index (κ2) is 13.3. The van der Waals surface area contributed by atoms with Gasteiger partial charge in [-0.15, -0.1) is 0 Å². The van der Waals surface area contributed by atoms with E-state index < -0.39 is 17.2 Å². The van der Waals surface area contributed by atoms with E-state index in [9.17, 15) is 18.7 Å². The Morgan fingerprint density at radius 1 is 1.05 bits per heavy atom. The molecular weight excluding hydrogens is 534 g/mol. The fourth-order valence-corrected chi connectivity index (χ4v) is 3.85. The number of carbonyl (C=O) groups excluding carboxylic acids is 1. The van der Waals surface area contributed by atoms with Crippen molar-refractivity contribution < 1.29 is 23.4 Å². The molecule has 4 N–H and O–H groups in total. The number of methoxy groups -OCH3 is 1. The first-order chi connectivity index (χ1) is 19.4. The Morgan fingerprint density at radius 3 is 2.27 bits per heavy atom. The lowest BCUT2D eigenvalue weighted by molar-refractivity contribution is -0.111. The maximum atomic E-state index is 14.1. The van der Waals surface area contributed by atoms with Gasteiger partial charge in [0.2, 0.25) is 17.8 Å². The van der Waals surface area contributed by atoms with E-state index in [0.29, 0.717) is 23.7 Å². The van der Waals surface area contributed by atoms with Crippen LogP contribution in [0.1, 0.15) is 25.8 Å². The Bertz CT molecular complexity index is 1400. The number of aliphatic hydroxyl groups is 1. The van der Waals surface area contributed by atoms with Crippen molar-refractivity contribution in [2.75, 3.05) is 62.2 Å². The van der Waals surface area contributed by atoms with Gasteiger partial charge in [0.15, 0.2) is 11.6 Å². The van der Waals surface area contributed by atoms with Gasteiger partial charge >= 0.3 is 0 Å². The number of rotatable bonds is 13. The van der Waals surface area contributed by atoms with Gasteiger partial charge in [-0.05, 0) is 45.6 Å². The molecular formula is C28H36F2N8O3. The van der Waals surface area contributed by atoms with Crippen LogP contribution in [0.2, 0.25) is 0 Å². The molecule has 3 rings (SSSR count). The molecule has 1 amide bonds. The topological polar surface area (TPSA) is 128 Å². The van der Waals surface area contributed by atoms with Crippen molar-refractivity contribution in [3.05, 3.63) is 60.4 Å². The number of ether oxygens (including phenoxy) is 1. The lowest BCUT2D eigenvalue weighted by Gasteiger charge is -2.26. The smallest absolute Gasteiger partial charge is 0.247 e. The number of hydrogen-bond donors (Lipinski definition) is 4. The highest BCUT2D eigenvalue weighted by atomic mass is 19.2. The highest BCUT2D eigenvalue weighted by molar-refractivity contribution is 6.02. The minimum atomic E-state index is -1.44. The van der Waals surface area contributed by atoms with Crippen molar-refractivity contribution in [2.24, 2.45) is 0 Å². The largest absolute Gasteiger partial charge is 0.494 e. The van der Waals surface area contributed by atoms with Crippen LogP contribution in [-0.2, 0) is 10.4 Å². The summed E-state index contributed by atoms with van der Waals surface area (Å²) < 4.78 is 33.7. The van der Waals surface area contributed by atoms with Crippen LogP contribution in [0.15, 0.2) is 43.2 Å². The average molecular weight is 571 g/mol. The number of amides is 1. The zero-order valence-electron chi connectivity index (χ0n) is 24.0. The zero-order valence-corrected chi connectivity index (χ0v) is 24.0. The van der Waals surface area contributed by atoms with Gasteiger partial charge in [0, 0.05) is 37.8 Å². The number of aromatic nitrogens is 3. The fraction of sp³-hybridized carbons (Fsp3) is 0.357. The standard InChI is InChI=1S/C28H36F2N8O3/c1-8-25(39)33-21-14-22(24(41-7)15-23(21)38(6)11-10-37(4)5)35-27-32-16-31-26(36-27)34-20-13-19(30)18(29)12-17(20)28(3,40)9-2/h8,12-16,40H,1,9-11H2,2-7H3,(H,33,39)(H2,31,32,34,35,36). The summed E-state index contributed by atoms with van der Waals surface area (Å²) in [5.74, 6) is -2.00. The summed E-state index contributed by atoms with van der Waals surface area (Å²) in [6, 6.07) is 5.35. The van der Waals surface area contributed by atoms with Crippen molar-refractivity contribution in [1.82, 2.24) is 19.9 Å². The van der Waals surface area contributed by atoms with E-state index >= 15 is 0 Å². The first kappa shape index (κ1) is 31.2. The molecule has 0 aliphatic rings. The number of nitrogens with one attached hydrogen (secondary N) is 3. The summed E-state index contributed by atoms with van der Waals surface area (Å²) in [5, 5.41) is 19.5. The van der Waals surface area contributed by atoms with Crippen molar-refractivity contribution in [3.8, 4) is 5.75 Å². The van der Waals surface area contributed by atoms with Crippen LogP contribution in [0.3, 0.4) is 0 Å². The Balaban J connectivity index is 1.97. The molecule has 41 heavy (non-hydrogen) atoms. The van der Waals surface area contributed by atoms with E-state index in [4.69, 9.17) is 4.74 Å². The first-order valence-electron chi connectivity index (χ1n) is 12.8. The van der Waals surface area contributed by atoms with Gasteiger partial charge in [0.25, 0.3) is 0 Å². The van der Waals surface area contributed by atoms with Gasteiger partial charge < -0.3 is 35.6 Å². The van der Waals surface area contributed by atoms with E-state index in [1.54, 1.807) is 19.1 Å². The summed E-state index contributed by atoms with van der Waals surface area (Å²) in [4.78, 5) is 28.8. The summed E-state index contributed by atoms with van der Waals surface area (Å²) in [5.41, 5.74) is 0.469. The minimum absolute atomic E-state index is 0.0147. The Kier molecular flexibility index (Phi) is 10.1. The van der Waals surface area contributed by atoms with E-state index in [-0.39, 0.29) is 35.5 Å². The lowest BCUT2D eigenvalue weighted by atomic mass is 9.91. The molecule has 11 nitrogen and oxygen atoms in total. The number of halogens is 2. The highest BCUT2D eigenvalue weighted by Gasteiger charge is 2.26. The van der Waals surface area contributed by atoms with Crippen LogP contribution >= 0.6 is 0 Å². The third kappa shape index (κ3) is 7.86. The van der Waals surface area contributed by atoms with Crippen LogP contribution in [0.4, 0.5) is 43.4 Å². The van der Waals surface area contributed by atoms with Crippen LogP contribution in [-0.4, -0.2) is 72.2 Å². The third-order valence-corrected chi connectivity index (χ3v) is 6.45. The summed E-state index contributed by atoms with van der Waals surface area (Å²) in [6.07, 6.45) is 2.65. The molecule has 1 atom stereocenters. The molecule has 1 aromatic heterocycles. The molecule has 0 radical (unpaired) electrons. The van der Waals surface area contributed by atoms with E-state index in [1.807, 2.05) is 30.9 Å². The van der Waals surface area contributed by atoms with Crippen LogP contribution in [0.5, 0.6) is 5.75 Å². The summed E-state index contributed by atoms with van der Waals surface area (Å²) in [7, 11) is 7.36. The first-order valence-corrected chi connectivity index (χ1v) is 12.8. The number of hydrogen-bond acceptors (Lipinski definition) is 10. The maximum absolute atomic E-state index is 14.1. The van der Waals surface area contributed by atoms with Crippen molar-refractivity contribution in [1.29, 1.82) is 0 Å². The average Bonchev–Trinajstić information content (AvgIpc) is 2.93. The van der Waals surface area contributed by atoms with E-state index in [1.165, 1.54) is 26.4 Å². The lowest BCUT2D eigenvalue weighted by Crippen LogP contribution is -2.29. The van der Waals surface area contributed by atoms with Crippen molar-refractivity contribution in [3.63, 3.8) is 0 Å². The van der Waals surface area contributed by atoms with Gasteiger partial charge in [0.1, 0.15) is 12.1 Å². The van der Waals surface area contributed by atoms with Gasteiger partial charge in [-0.3, -0.25) is 4.79 Å². The molecule has 2 aromatic carbocycles. The predicted octanol–water partition coefficient (Wildman–Crippen LogP) is 4.39. The molecule has 0 fully saturated rings. The van der Waals surface area contributed by atoms with E-state index in [2.05, 4.69) is 37.5 Å². The molecule has 0 spiro atoms. The molecule has 1 heterocycles. The number of benzene rings is 2. The number of nitrogens with zero attached hydrogens (tertiary/aromatic N) is 5. The van der Waals surface area contributed by atoms with Gasteiger partial charge in [-0.25, -0.2) is 18.7 Å².